The van der Waals surface area contributed by atoms with Crippen LogP contribution in [-0.2, 0) is 23.1 Å². The van der Waals surface area contributed by atoms with Crippen molar-refractivity contribution >= 4 is 5.97 Å². The Labute approximate surface area is 214 Å². The molecule has 36 heavy (non-hydrogen) atoms. The summed E-state index contributed by atoms with van der Waals surface area (Å²) in [7, 11) is 0. The Bertz CT molecular complexity index is 1260. The first-order valence-electron chi connectivity index (χ1n) is 13.1. The highest BCUT2D eigenvalue weighted by molar-refractivity contribution is 5.72. The van der Waals surface area contributed by atoms with Gasteiger partial charge in [-0.1, -0.05) is 38.5 Å². The van der Waals surface area contributed by atoms with E-state index >= 15 is 0 Å². The van der Waals surface area contributed by atoms with Crippen molar-refractivity contribution in [1.29, 1.82) is 15.8 Å². The van der Waals surface area contributed by atoms with Crippen LogP contribution in [0.4, 0.5) is 0 Å². The summed E-state index contributed by atoms with van der Waals surface area (Å²) < 4.78 is 5.24. The molecule has 3 aliphatic carbocycles. The molecular formula is C31H33N3O2. The number of ether oxygens (including phenoxy) is 1. The van der Waals surface area contributed by atoms with Crippen molar-refractivity contribution in [3.63, 3.8) is 0 Å². The number of aryl methyl sites for hydroxylation is 2. The van der Waals surface area contributed by atoms with Crippen LogP contribution in [0.1, 0.15) is 105 Å². The van der Waals surface area contributed by atoms with E-state index < -0.39 is 0 Å². The predicted octanol–water partition coefficient (Wildman–Crippen LogP) is 6.79. The van der Waals surface area contributed by atoms with Crippen LogP contribution in [0.2, 0.25) is 0 Å². The molecule has 2 aromatic carbocycles. The Morgan fingerprint density at radius 1 is 0.861 bits per heavy atom. The average molecular weight is 480 g/mol. The molecule has 3 aliphatic rings. The fourth-order valence-electron chi connectivity index (χ4n) is 6.53. The minimum atomic E-state index is -0.346. The van der Waals surface area contributed by atoms with E-state index in [1.165, 1.54) is 32.1 Å². The number of benzene rings is 2. The van der Waals surface area contributed by atoms with Crippen LogP contribution < -0.4 is 4.74 Å². The first-order chi connectivity index (χ1) is 17.4. The van der Waals surface area contributed by atoms with E-state index in [0.29, 0.717) is 40.7 Å². The van der Waals surface area contributed by atoms with E-state index in [2.05, 4.69) is 31.2 Å². The SMILES string of the molecule is CCCC12CCC(c3ccc(CCc4ccc(OC(=O)CC)cc4C#N)c(C#N)c3C#N)(CC1)CC2. The maximum absolute atomic E-state index is 11.6. The molecule has 5 heteroatoms. The van der Waals surface area contributed by atoms with Gasteiger partial charge in [0.2, 0.25) is 0 Å². The van der Waals surface area contributed by atoms with Gasteiger partial charge in [0.05, 0.1) is 22.8 Å². The molecule has 0 aliphatic heterocycles. The number of nitrogens with zero attached hydrogens (tertiary/aromatic N) is 3. The normalized spacial score (nSPS) is 22.3. The zero-order valence-corrected chi connectivity index (χ0v) is 21.3. The Morgan fingerprint density at radius 2 is 1.50 bits per heavy atom. The lowest BCUT2D eigenvalue weighted by atomic mass is 9.50. The molecule has 0 N–H and O–H groups in total. The number of carbonyl (C=O) groups excluding carboxylic acids is 1. The minimum Gasteiger partial charge on any atom is -0.426 e. The van der Waals surface area contributed by atoms with Crippen molar-refractivity contribution < 1.29 is 9.53 Å². The van der Waals surface area contributed by atoms with E-state index in [0.717, 1.165) is 36.0 Å². The van der Waals surface area contributed by atoms with E-state index in [1.807, 2.05) is 6.07 Å². The van der Waals surface area contributed by atoms with Crippen LogP contribution >= 0.6 is 0 Å². The second-order valence-electron chi connectivity index (χ2n) is 10.5. The summed E-state index contributed by atoms with van der Waals surface area (Å²) in [4.78, 5) is 11.6. The highest BCUT2D eigenvalue weighted by atomic mass is 16.5. The summed E-state index contributed by atoms with van der Waals surface area (Å²) in [5.41, 5.74) is 4.71. The topological polar surface area (TPSA) is 97.7 Å². The van der Waals surface area contributed by atoms with E-state index in [-0.39, 0.29) is 17.8 Å². The second-order valence-corrected chi connectivity index (χ2v) is 10.5. The van der Waals surface area contributed by atoms with Crippen molar-refractivity contribution in [2.24, 2.45) is 5.41 Å². The standard InChI is InChI=1S/C31H33N3O2/c1-3-11-30-12-15-31(16-13-30,17-14-30)28-10-8-23(26(20-33)27(28)21-34)6-5-22-7-9-25(18-24(22)19-32)36-29(35)4-2/h7-10,18H,3-6,11-17H2,1-2H3. The maximum atomic E-state index is 11.6. The summed E-state index contributed by atoms with van der Waals surface area (Å²) >= 11 is 0. The van der Waals surface area contributed by atoms with Gasteiger partial charge in [-0.25, -0.2) is 0 Å². The fraction of sp³-hybridized carbons (Fsp3) is 0.484. The molecule has 5 rings (SSSR count). The first-order valence-corrected chi connectivity index (χ1v) is 13.1. The molecule has 5 nitrogen and oxygen atoms in total. The van der Waals surface area contributed by atoms with Crippen LogP contribution in [0.5, 0.6) is 5.75 Å². The van der Waals surface area contributed by atoms with E-state index in [1.54, 1.807) is 25.1 Å². The summed E-state index contributed by atoms with van der Waals surface area (Å²) in [5, 5.41) is 29.8. The number of rotatable bonds is 8. The van der Waals surface area contributed by atoms with Crippen molar-refractivity contribution in [3.05, 3.63) is 63.7 Å². The summed E-state index contributed by atoms with van der Waals surface area (Å²) in [6, 6.07) is 16.1. The Morgan fingerprint density at radius 3 is 2.08 bits per heavy atom. The molecule has 0 unspecified atom stereocenters. The molecule has 0 radical (unpaired) electrons. The van der Waals surface area contributed by atoms with Gasteiger partial charge in [-0.2, -0.15) is 15.8 Å². The number of nitriles is 3. The zero-order valence-electron chi connectivity index (χ0n) is 21.3. The lowest BCUT2D eigenvalue weighted by Crippen LogP contribution is -2.44. The van der Waals surface area contributed by atoms with Gasteiger partial charge in [0, 0.05) is 6.42 Å². The largest absolute Gasteiger partial charge is 0.426 e. The maximum Gasteiger partial charge on any atom is 0.310 e. The third-order valence-corrected chi connectivity index (χ3v) is 8.65. The van der Waals surface area contributed by atoms with E-state index in [4.69, 9.17) is 4.74 Å². The van der Waals surface area contributed by atoms with Crippen molar-refractivity contribution in [3.8, 4) is 24.0 Å². The Hall–Kier alpha value is -3.62. The van der Waals surface area contributed by atoms with Crippen LogP contribution in [0.3, 0.4) is 0 Å². The number of hydrogen-bond acceptors (Lipinski definition) is 5. The van der Waals surface area contributed by atoms with Crippen molar-refractivity contribution in [2.75, 3.05) is 0 Å². The van der Waals surface area contributed by atoms with Gasteiger partial charge in [0.1, 0.15) is 17.9 Å². The van der Waals surface area contributed by atoms with Gasteiger partial charge in [-0.05, 0) is 97.4 Å². The third kappa shape index (κ3) is 4.74. The van der Waals surface area contributed by atoms with Crippen LogP contribution in [0, 0.1) is 39.4 Å². The molecule has 0 aromatic heterocycles. The van der Waals surface area contributed by atoms with Crippen LogP contribution in [-0.4, -0.2) is 5.97 Å². The lowest BCUT2D eigenvalue weighted by Gasteiger charge is -2.54. The molecule has 3 fully saturated rings. The fourth-order valence-corrected chi connectivity index (χ4v) is 6.53. The molecule has 0 heterocycles. The monoisotopic (exact) mass is 479 g/mol. The lowest BCUT2D eigenvalue weighted by molar-refractivity contribution is -0.134. The smallest absolute Gasteiger partial charge is 0.310 e. The average Bonchev–Trinajstić information content (AvgIpc) is 2.92. The minimum absolute atomic E-state index is 0.0183. The van der Waals surface area contributed by atoms with Gasteiger partial charge in [0.25, 0.3) is 0 Å². The van der Waals surface area contributed by atoms with E-state index in [9.17, 15) is 20.6 Å². The number of hydrogen-bond donors (Lipinski definition) is 0. The Balaban J connectivity index is 1.57. The summed E-state index contributed by atoms with van der Waals surface area (Å²) in [6.07, 6.45) is 10.8. The number of fused-ring (bicyclic) bond motifs is 3. The molecule has 3 saturated carbocycles. The van der Waals surface area contributed by atoms with Gasteiger partial charge in [0.15, 0.2) is 0 Å². The van der Waals surface area contributed by atoms with Crippen molar-refractivity contribution in [1.82, 2.24) is 0 Å². The number of carbonyl (C=O) groups is 1. The van der Waals surface area contributed by atoms with Crippen LogP contribution in [0.25, 0.3) is 0 Å². The molecular weight excluding hydrogens is 446 g/mol. The summed E-state index contributed by atoms with van der Waals surface area (Å²) in [5.74, 6) is 0.0130. The zero-order chi connectivity index (χ0) is 25.8. The van der Waals surface area contributed by atoms with Gasteiger partial charge in [-0.15, -0.1) is 0 Å². The molecule has 0 atom stereocenters. The molecule has 0 saturated heterocycles. The molecule has 2 aromatic rings. The van der Waals surface area contributed by atoms with Gasteiger partial charge < -0.3 is 4.74 Å². The summed E-state index contributed by atoms with van der Waals surface area (Å²) in [6.45, 7) is 3.99. The van der Waals surface area contributed by atoms with Gasteiger partial charge >= 0.3 is 5.97 Å². The quantitative estimate of drug-likeness (QED) is 0.306. The molecule has 184 valence electrons. The van der Waals surface area contributed by atoms with Crippen LogP contribution in [0.15, 0.2) is 30.3 Å². The number of esters is 1. The molecule has 0 amide bonds. The second kappa shape index (κ2) is 10.6. The highest BCUT2D eigenvalue weighted by Gasteiger charge is 2.49. The predicted molar refractivity (Wildman–Crippen MR) is 137 cm³/mol. The third-order valence-electron chi connectivity index (χ3n) is 8.65. The van der Waals surface area contributed by atoms with Gasteiger partial charge in [-0.3, -0.25) is 4.79 Å². The van der Waals surface area contributed by atoms with Crippen molar-refractivity contribution in [2.45, 2.75) is 89.9 Å². The molecule has 0 spiro atoms. The Kier molecular flexibility index (Phi) is 7.47. The first kappa shape index (κ1) is 25.5. The highest BCUT2D eigenvalue weighted by Crippen LogP contribution is 2.60. The molecule has 2 bridgehead atoms.